The Morgan fingerprint density at radius 1 is 0.571 bits per heavy atom. The average molecular weight is 1010 g/mol. The Morgan fingerprint density at radius 3 is 1.46 bits per heavy atom. The number of nitrogens with one attached hydrogen (secondary N) is 2. The molecule has 4 saturated heterocycles. The third-order valence-electron chi connectivity index (χ3n) is 9.37. The summed E-state index contributed by atoms with van der Waals surface area (Å²) in [6.45, 7) is -1.20. The van der Waals surface area contributed by atoms with E-state index in [-0.39, 0.29) is 24.5 Å². The Hall–Kier alpha value is -1.50. The molecule has 4 fully saturated rings. The smallest absolute Gasteiger partial charge is 0.397 e. The van der Waals surface area contributed by atoms with Gasteiger partial charge in [0.15, 0.2) is 37.2 Å². The van der Waals surface area contributed by atoms with Crippen molar-refractivity contribution in [1.82, 2.24) is 9.44 Å². The molecule has 4 heterocycles. The number of rotatable bonds is 22. The lowest BCUT2D eigenvalue weighted by atomic mass is 9.94. The molecule has 0 aromatic rings. The molecule has 0 amide bonds. The van der Waals surface area contributed by atoms with Crippen LogP contribution in [0.5, 0.6) is 0 Å². The van der Waals surface area contributed by atoms with Crippen molar-refractivity contribution in [1.29, 1.82) is 0 Å². The highest BCUT2D eigenvalue weighted by atomic mass is 32.3. The minimum Gasteiger partial charge on any atom is -0.479 e. The van der Waals surface area contributed by atoms with Gasteiger partial charge in [-0.05, 0) is 6.92 Å². The van der Waals surface area contributed by atoms with Gasteiger partial charge in [0, 0.05) is 0 Å². The topological polar surface area (TPSA) is 509 Å². The lowest BCUT2D eigenvalue weighted by Gasteiger charge is -2.49. The Balaban J connectivity index is 1.68. The summed E-state index contributed by atoms with van der Waals surface area (Å²) in [5, 5.41) is 119. The van der Waals surface area contributed by atoms with Gasteiger partial charge in [0.1, 0.15) is 91.6 Å². The molecule has 0 aliphatic carbocycles. The van der Waals surface area contributed by atoms with Crippen LogP contribution < -0.4 is 9.44 Å². The van der Waals surface area contributed by atoms with Crippen molar-refractivity contribution in [2.75, 3.05) is 13.2 Å². The monoisotopic (exact) mass is 1010 g/mol. The molecule has 368 valence electrons. The van der Waals surface area contributed by atoms with Gasteiger partial charge in [-0.1, -0.05) is 10.1 Å². The third kappa shape index (κ3) is 13.8. The van der Waals surface area contributed by atoms with Crippen molar-refractivity contribution in [3.05, 3.63) is 0 Å². The molecule has 4 rings (SSSR count). The molecular weight excluding hydrogens is 969 g/mol. The maximum atomic E-state index is 12.6. The van der Waals surface area contributed by atoms with Crippen LogP contribution >= 0.6 is 24.5 Å². The molecule has 15 N–H and O–H groups in total. The molecule has 0 saturated carbocycles. The second kappa shape index (κ2) is 23.5. The summed E-state index contributed by atoms with van der Waals surface area (Å²) in [5.41, 5.74) is 0. The first-order valence-electron chi connectivity index (χ1n) is 17.2. The predicted molar refractivity (Wildman–Crippen MR) is 186 cm³/mol. The summed E-state index contributed by atoms with van der Waals surface area (Å²) >= 11 is -0.0286. The third-order valence-corrected chi connectivity index (χ3v) is 11.3. The van der Waals surface area contributed by atoms with Crippen LogP contribution in [0.15, 0.2) is 0 Å². The first-order chi connectivity index (χ1) is 29.5. The maximum absolute atomic E-state index is 12.6. The van der Waals surface area contributed by atoms with E-state index in [1.54, 1.807) is 0 Å². The standard InChI is InChI=1S/C25H42N2O32S4/c1-4-14(54-62(41,42)43)12(33)16(19(47-4)21(35)36)51-24-8(27-61-59-57-40)11(32)15(6(3-29)49-24)50-25-18(55-63(44,45)46)13(34)17(20(53-25)22(37)38)52-23-7(26-60-58-56-39)10(31)9(30)5(2-28)48-23/h4-20,23-34,39-40H,2-3H2,1H3,(H,35,36)(H,37,38)(H,41,42,43)(H,44,45,46)/t4-,5?,6?,7?,8?,9+,10-,11-,12?,13+,14?,15+,16+,17-,18?,19-,20?,23+,24+,25-/m1/s1. The zero-order chi connectivity index (χ0) is 47.1. The first-order valence-corrected chi connectivity index (χ1v) is 21.5. The molecule has 63 heavy (non-hydrogen) atoms. The van der Waals surface area contributed by atoms with Gasteiger partial charge in [0.05, 0.1) is 31.4 Å². The number of carboxylic acid groups (broad SMARTS) is 2. The van der Waals surface area contributed by atoms with Crippen molar-refractivity contribution in [3.8, 4) is 0 Å². The van der Waals surface area contributed by atoms with E-state index in [2.05, 4.69) is 36.6 Å². The number of carboxylic acids is 2. The van der Waals surface area contributed by atoms with Gasteiger partial charge in [-0.3, -0.25) is 9.11 Å². The van der Waals surface area contributed by atoms with Crippen molar-refractivity contribution in [2.24, 2.45) is 0 Å². The molecule has 8 unspecified atom stereocenters. The van der Waals surface area contributed by atoms with E-state index in [0.29, 0.717) is 0 Å². The van der Waals surface area contributed by atoms with Gasteiger partial charge in [-0.15, -0.1) is 8.67 Å². The molecule has 34 nitrogen and oxygen atoms in total. The Kier molecular flexibility index (Phi) is 20.2. The van der Waals surface area contributed by atoms with Crippen LogP contribution in [0, 0.1) is 0 Å². The van der Waals surface area contributed by atoms with Crippen molar-refractivity contribution in [2.45, 2.75) is 129 Å². The van der Waals surface area contributed by atoms with Gasteiger partial charge >= 0.3 is 32.7 Å². The van der Waals surface area contributed by atoms with Gasteiger partial charge in [0.25, 0.3) is 0 Å². The molecule has 38 heteroatoms. The summed E-state index contributed by atoms with van der Waals surface area (Å²) < 4.78 is 126. The van der Waals surface area contributed by atoms with E-state index in [4.69, 9.17) is 43.7 Å². The number of aliphatic carboxylic acids is 2. The Morgan fingerprint density at radius 2 is 1.00 bits per heavy atom. The number of aliphatic hydroxyl groups is 7. The second-order valence-electron chi connectivity index (χ2n) is 13.3. The molecule has 0 radical (unpaired) electrons. The quantitative estimate of drug-likeness (QED) is 0.0120. The summed E-state index contributed by atoms with van der Waals surface area (Å²) in [4.78, 5) is 24.7. The number of hydrogen-bond donors (Lipinski definition) is 15. The fraction of sp³-hybridized carbons (Fsp3) is 0.920. The fourth-order valence-corrected chi connectivity index (χ4v) is 8.53. The van der Waals surface area contributed by atoms with Gasteiger partial charge in [-0.2, -0.15) is 16.8 Å². The molecule has 4 aliphatic rings. The van der Waals surface area contributed by atoms with Crippen molar-refractivity contribution in [3.63, 3.8) is 0 Å². The molecule has 0 bridgehead atoms. The lowest BCUT2D eigenvalue weighted by Crippen LogP contribution is -2.70. The minimum atomic E-state index is -5.71. The van der Waals surface area contributed by atoms with E-state index in [1.807, 2.05) is 0 Å². The normalized spacial score (nSPS) is 41.6. The molecule has 4 aliphatic heterocycles. The molecule has 0 aromatic heterocycles. The van der Waals surface area contributed by atoms with E-state index < -0.39 is 168 Å². The summed E-state index contributed by atoms with van der Waals surface area (Å²) in [6, 6.07) is -3.71. The minimum absolute atomic E-state index is 0.0351. The van der Waals surface area contributed by atoms with Gasteiger partial charge < -0.3 is 79.1 Å². The highest BCUT2D eigenvalue weighted by molar-refractivity contribution is 7.92. The largest absolute Gasteiger partial charge is 0.479 e. The first kappa shape index (κ1) is 54.1. The number of carbonyl (C=O) groups is 2. The molecule has 0 aromatic carbocycles. The van der Waals surface area contributed by atoms with Crippen LogP contribution in [-0.2, 0) is 90.7 Å². The summed E-state index contributed by atoms with van der Waals surface area (Å²) in [5.74, 6) is -3.86. The lowest BCUT2D eigenvalue weighted by molar-refractivity contribution is -0.432. The van der Waals surface area contributed by atoms with E-state index >= 15 is 0 Å². The van der Waals surface area contributed by atoms with Crippen LogP contribution in [0.4, 0.5) is 0 Å². The molecular formula is C25H42N2O32S4. The van der Waals surface area contributed by atoms with E-state index in [0.717, 1.165) is 6.92 Å². The maximum Gasteiger partial charge on any atom is 0.397 e. The van der Waals surface area contributed by atoms with Crippen molar-refractivity contribution < 1.29 is 152 Å². The van der Waals surface area contributed by atoms with E-state index in [1.165, 1.54) is 0 Å². The summed E-state index contributed by atoms with van der Waals surface area (Å²) in [7, 11) is -11.0. The van der Waals surface area contributed by atoms with Crippen LogP contribution in [0.2, 0.25) is 0 Å². The molecule has 20 atom stereocenters. The van der Waals surface area contributed by atoms with Crippen LogP contribution in [0.25, 0.3) is 0 Å². The zero-order valence-corrected chi connectivity index (χ0v) is 34.4. The van der Waals surface area contributed by atoms with Gasteiger partial charge in [0.2, 0.25) is 0 Å². The fourth-order valence-electron chi connectivity index (χ4n) is 6.63. The average Bonchev–Trinajstić information content (AvgIpc) is 3.19. The second-order valence-corrected chi connectivity index (χ2v) is 16.5. The molecule has 0 spiro atoms. The zero-order valence-electron chi connectivity index (χ0n) is 31.2. The van der Waals surface area contributed by atoms with Crippen LogP contribution in [0.1, 0.15) is 6.92 Å². The van der Waals surface area contributed by atoms with E-state index in [9.17, 15) is 81.5 Å². The SMILES string of the molecule is C[C@H]1O[C@@H](C(=O)O)[C@@H](O[C@@H]2OC(CO)[C@H](O[C@@H]3OC(C(=O)O)[C@H](O[C@@H]4OC(CO)[C@H](O)[C@H](O)C4NSOOO)[C@H](O)C3OS(=O)(=O)O)[C@H](O)C2NSOOO)C(O)C1OS(=O)(=O)O. The Bertz CT molecular complexity index is 1700. The number of hydrogen-bond acceptors (Lipinski definition) is 32. The highest BCUT2D eigenvalue weighted by Crippen LogP contribution is 2.37. The van der Waals surface area contributed by atoms with Crippen LogP contribution in [-0.4, -0.2) is 230 Å². The Labute approximate surface area is 360 Å². The predicted octanol–water partition coefficient (Wildman–Crippen LogP) is -7.68. The highest BCUT2D eigenvalue weighted by Gasteiger charge is 2.58. The number of ether oxygens (including phenoxy) is 7. The summed E-state index contributed by atoms with van der Waals surface area (Å²) in [6.07, 6.45) is -39.3. The number of aliphatic hydroxyl groups excluding tert-OH is 7. The van der Waals surface area contributed by atoms with Crippen LogP contribution in [0.3, 0.4) is 0 Å². The van der Waals surface area contributed by atoms with Crippen molar-refractivity contribution >= 4 is 57.2 Å². The van der Waals surface area contributed by atoms with Gasteiger partial charge in [-0.25, -0.2) is 37.9 Å².